The Morgan fingerprint density at radius 3 is 2.20 bits per heavy atom. The summed E-state index contributed by atoms with van der Waals surface area (Å²) >= 11 is 0. The van der Waals surface area contributed by atoms with E-state index in [1.54, 1.807) is 0 Å². The molecule has 0 fully saturated rings. The van der Waals surface area contributed by atoms with Gasteiger partial charge in [0, 0.05) is 12.1 Å². The molecular formula is C11H8F3N3O2S. The Kier molecular flexibility index (Phi) is 3.53. The molecule has 9 heteroatoms. The molecule has 0 atom stereocenters. The van der Waals surface area contributed by atoms with Crippen LogP contribution in [0.15, 0.2) is 35.4 Å². The normalized spacial score (nSPS) is 11.3. The molecule has 2 aromatic rings. The highest BCUT2D eigenvalue weighted by atomic mass is 32.2. The number of anilines is 2. The molecule has 0 aliphatic carbocycles. The van der Waals surface area contributed by atoms with Gasteiger partial charge in [0.1, 0.15) is 23.3 Å². The molecule has 0 saturated carbocycles. The van der Waals surface area contributed by atoms with Crippen molar-refractivity contribution in [3.8, 4) is 0 Å². The number of hydrogen-bond donors (Lipinski definition) is 2. The predicted molar refractivity (Wildman–Crippen MR) is 65.8 cm³/mol. The summed E-state index contributed by atoms with van der Waals surface area (Å²) in [5.74, 6) is -4.13. The van der Waals surface area contributed by atoms with E-state index in [-0.39, 0.29) is 23.6 Å². The van der Waals surface area contributed by atoms with E-state index >= 15 is 0 Å². The number of benzene rings is 1. The molecule has 1 heterocycles. The molecule has 0 aliphatic rings. The van der Waals surface area contributed by atoms with Crippen molar-refractivity contribution >= 4 is 21.5 Å². The van der Waals surface area contributed by atoms with Crippen LogP contribution < -0.4 is 10.5 Å². The number of aromatic nitrogens is 1. The van der Waals surface area contributed by atoms with Crippen molar-refractivity contribution in [1.82, 2.24) is 4.98 Å². The van der Waals surface area contributed by atoms with Gasteiger partial charge in [-0.3, -0.25) is 4.72 Å². The van der Waals surface area contributed by atoms with Crippen LogP contribution in [0.3, 0.4) is 0 Å². The molecule has 1 aromatic heterocycles. The Morgan fingerprint density at radius 2 is 1.70 bits per heavy atom. The minimum absolute atomic E-state index is 0.0395. The standard InChI is InChI=1S/C11H8F3N3O2S/c12-6-3-8(13)11(9(14)4-6)20(18,19)17-7-1-2-10(15)16-5-7/h1-5,17H,(H2,15,16). The maximum absolute atomic E-state index is 13.4. The maximum Gasteiger partial charge on any atom is 0.267 e. The number of halogens is 3. The Bertz CT molecular complexity index is 725. The number of nitrogens with two attached hydrogens (primary N) is 1. The van der Waals surface area contributed by atoms with Gasteiger partial charge >= 0.3 is 0 Å². The van der Waals surface area contributed by atoms with Crippen molar-refractivity contribution in [2.45, 2.75) is 4.90 Å². The van der Waals surface area contributed by atoms with Crippen molar-refractivity contribution in [3.05, 3.63) is 47.9 Å². The maximum atomic E-state index is 13.4. The molecular weight excluding hydrogens is 295 g/mol. The van der Waals surface area contributed by atoms with E-state index in [2.05, 4.69) is 4.98 Å². The predicted octanol–water partition coefficient (Wildman–Crippen LogP) is 1.88. The summed E-state index contributed by atoms with van der Waals surface area (Å²) < 4.78 is 65.3. The zero-order chi connectivity index (χ0) is 14.9. The smallest absolute Gasteiger partial charge is 0.267 e. The van der Waals surface area contributed by atoms with Crippen molar-refractivity contribution in [1.29, 1.82) is 0 Å². The van der Waals surface area contributed by atoms with E-state index in [0.29, 0.717) is 0 Å². The molecule has 0 aliphatic heterocycles. The molecule has 3 N–H and O–H groups in total. The largest absolute Gasteiger partial charge is 0.384 e. The second-order valence-corrected chi connectivity index (χ2v) is 5.40. The average molecular weight is 303 g/mol. The SMILES string of the molecule is Nc1ccc(NS(=O)(=O)c2c(F)cc(F)cc2F)cn1. The van der Waals surface area contributed by atoms with E-state index < -0.39 is 32.4 Å². The third-order valence-corrected chi connectivity index (χ3v) is 3.70. The van der Waals surface area contributed by atoms with Crippen molar-refractivity contribution in [2.24, 2.45) is 0 Å². The van der Waals surface area contributed by atoms with E-state index in [9.17, 15) is 21.6 Å². The van der Waals surface area contributed by atoms with Gasteiger partial charge in [-0.1, -0.05) is 0 Å². The number of sulfonamides is 1. The highest BCUT2D eigenvalue weighted by Gasteiger charge is 2.25. The summed E-state index contributed by atoms with van der Waals surface area (Å²) in [6.07, 6.45) is 1.08. The highest BCUT2D eigenvalue weighted by molar-refractivity contribution is 7.92. The summed E-state index contributed by atoms with van der Waals surface area (Å²) in [6.45, 7) is 0. The number of rotatable bonds is 3. The van der Waals surface area contributed by atoms with Crippen molar-refractivity contribution < 1.29 is 21.6 Å². The molecule has 0 spiro atoms. The van der Waals surface area contributed by atoms with Crippen LogP contribution in [0.2, 0.25) is 0 Å². The topological polar surface area (TPSA) is 85.1 Å². The summed E-state index contributed by atoms with van der Waals surface area (Å²) in [4.78, 5) is 2.35. The highest BCUT2D eigenvalue weighted by Crippen LogP contribution is 2.22. The first-order valence-corrected chi connectivity index (χ1v) is 6.67. The lowest BCUT2D eigenvalue weighted by Crippen LogP contribution is -2.17. The third kappa shape index (κ3) is 2.82. The molecule has 0 saturated heterocycles. The van der Waals surface area contributed by atoms with Crippen LogP contribution in [0.25, 0.3) is 0 Å². The fraction of sp³-hybridized carbons (Fsp3) is 0. The second kappa shape index (κ2) is 5.00. The summed E-state index contributed by atoms with van der Waals surface area (Å²) in [7, 11) is -4.55. The molecule has 0 bridgehead atoms. The molecule has 0 unspecified atom stereocenters. The quantitative estimate of drug-likeness (QED) is 0.906. The van der Waals surface area contributed by atoms with E-state index in [4.69, 9.17) is 5.73 Å². The fourth-order valence-corrected chi connectivity index (χ4v) is 2.62. The third-order valence-electron chi connectivity index (χ3n) is 2.27. The van der Waals surface area contributed by atoms with Crippen LogP contribution in [-0.4, -0.2) is 13.4 Å². The van der Waals surface area contributed by atoms with Gasteiger partial charge in [0.05, 0.1) is 11.9 Å². The number of hydrogen-bond acceptors (Lipinski definition) is 4. The zero-order valence-electron chi connectivity index (χ0n) is 9.77. The van der Waals surface area contributed by atoms with Crippen LogP contribution in [0.5, 0.6) is 0 Å². The summed E-state index contributed by atoms with van der Waals surface area (Å²) in [5, 5.41) is 0. The first-order valence-electron chi connectivity index (χ1n) is 5.18. The van der Waals surface area contributed by atoms with Gasteiger partial charge in [-0.15, -0.1) is 0 Å². The second-order valence-electron chi connectivity index (χ2n) is 3.78. The van der Waals surface area contributed by atoms with E-state index in [0.717, 1.165) is 6.20 Å². The fourth-order valence-electron chi connectivity index (χ4n) is 1.46. The van der Waals surface area contributed by atoms with Gasteiger partial charge in [-0.2, -0.15) is 0 Å². The van der Waals surface area contributed by atoms with Gasteiger partial charge in [-0.25, -0.2) is 26.6 Å². The van der Waals surface area contributed by atoms with Crippen LogP contribution in [0, 0.1) is 17.5 Å². The van der Waals surface area contributed by atoms with Crippen LogP contribution >= 0.6 is 0 Å². The zero-order valence-corrected chi connectivity index (χ0v) is 10.6. The molecule has 20 heavy (non-hydrogen) atoms. The minimum Gasteiger partial charge on any atom is -0.384 e. The van der Waals surface area contributed by atoms with Gasteiger partial charge in [0.15, 0.2) is 4.90 Å². The number of nitrogen functional groups attached to an aromatic ring is 1. The number of nitrogens with zero attached hydrogens (tertiary/aromatic N) is 1. The van der Waals surface area contributed by atoms with Gasteiger partial charge in [-0.05, 0) is 12.1 Å². The molecule has 106 valence electrons. The van der Waals surface area contributed by atoms with Crippen LogP contribution in [0.1, 0.15) is 0 Å². The van der Waals surface area contributed by atoms with Gasteiger partial charge in [0.2, 0.25) is 0 Å². The lowest BCUT2D eigenvalue weighted by atomic mass is 10.3. The monoisotopic (exact) mass is 303 g/mol. The summed E-state index contributed by atoms with van der Waals surface area (Å²) in [5.41, 5.74) is 5.28. The Hall–Kier alpha value is -2.29. The van der Waals surface area contributed by atoms with Gasteiger partial charge < -0.3 is 5.73 Å². The van der Waals surface area contributed by atoms with Crippen molar-refractivity contribution in [2.75, 3.05) is 10.5 Å². The van der Waals surface area contributed by atoms with E-state index in [1.165, 1.54) is 12.1 Å². The Morgan fingerprint density at radius 1 is 1.10 bits per heavy atom. The molecule has 0 radical (unpaired) electrons. The molecule has 1 aromatic carbocycles. The van der Waals surface area contributed by atoms with Crippen LogP contribution in [-0.2, 0) is 10.0 Å². The summed E-state index contributed by atoms with van der Waals surface area (Å²) in [6, 6.07) is 3.12. The Labute approximate surface area is 112 Å². The molecule has 5 nitrogen and oxygen atoms in total. The lowest BCUT2D eigenvalue weighted by molar-refractivity contribution is 0.498. The van der Waals surface area contributed by atoms with Crippen molar-refractivity contribution in [3.63, 3.8) is 0 Å². The van der Waals surface area contributed by atoms with Gasteiger partial charge in [0.25, 0.3) is 10.0 Å². The molecule has 0 amide bonds. The average Bonchev–Trinajstić information content (AvgIpc) is 2.30. The van der Waals surface area contributed by atoms with E-state index in [1.807, 2.05) is 4.72 Å². The lowest BCUT2D eigenvalue weighted by Gasteiger charge is -2.09. The number of pyridine rings is 1. The minimum atomic E-state index is -4.55. The Balaban J connectivity index is 2.43. The van der Waals surface area contributed by atoms with Crippen LogP contribution in [0.4, 0.5) is 24.7 Å². The first-order chi connectivity index (χ1) is 9.29. The molecule has 2 rings (SSSR count). The first kappa shape index (κ1) is 14.1. The number of nitrogens with one attached hydrogen (secondary N) is 1.